The highest BCUT2D eigenvalue weighted by molar-refractivity contribution is 6.52. The second-order valence-electron chi connectivity index (χ2n) is 8.03. The van der Waals surface area contributed by atoms with E-state index in [-0.39, 0.29) is 23.3 Å². The number of Topliss-reactive ketones (excluding diaryl/α,β-unsaturated/α-hetero) is 2. The summed E-state index contributed by atoms with van der Waals surface area (Å²) in [5, 5.41) is 12.8. The van der Waals surface area contributed by atoms with Crippen molar-refractivity contribution in [3.8, 4) is 11.5 Å². The van der Waals surface area contributed by atoms with Gasteiger partial charge in [-0.15, -0.1) is 0 Å². The van der Waals surface area contributed by atoms with E-state index in [1.807, 2.05) is 54.6 Å². The lowest BCUT2D eigenvalue weighted by Crippen LogP contribution is -2.25. The molecule has 0 bridgehead atoms. The molecule has 1 N–H and O–H groups in total. The van der Waals surface area contributed by atoms with E-state index in [0.29, 0.717) is 24.5 Å². The Hall–Kier alpha value is -4.38. The van der Waals surface area contributed by atoms with E-state index in [0.717, 1.165) is 22.1 Å². The summed E-state index contributed by atoms with van der Waals surface area (Å²) in [5.74, 6) is 0.0982. The van der Waals surface area contributed by atoms with Crippen molar-refractivity contribution < 1.29 is 24.2 Å². The van der Waals surface area contributed by atoms with E-state index in [1.165, 1.54) is 0 Å². The smallest absolute Gasteiger partial charge is 0.234 e. The Labute approximate surface area is 196 Å². The molecule has 0 saturated carbocycles. The average Bonchev–Trinajstić information content (AvgIpc) is 2.88. The van der Waals surface area contributed by atoms with Crippen LogP contribution in [0.3, 0.4) is 0 Å². The van der Waals surface area contributed by atoms with Gasteiger partial charge in [-0.1, -0.05) is 72.8 Å². The van der Waals surface area contributed by atoms with Crippen LogP contribution in [0.25, 0.3) is 16.5 Å². The van der Waals surface area contributed by atoms with Crippen molar-refractivity contribution in [1.29, 1.82) is 0 Å². The van der Waals surface area contributed by atoms with Crippen molar-refractivity contribution in [2.75, 3.05) is 13.2 Å². The first kappa shape index (κ1) is 21.5. The quantitative estimate of drug-likeness (QED) is 0.294. The molecule has 5 rings (SSSR count). The molecule has 0 radical (unpaired) electrons. The minimum absolute atomic E-state index is 0.112. The largest absolute Gasteiger partial charge is 0.507 e. The van der Waals surface area contributed by atoms with E-state index in [2.05, 4.69) is 0 Å². The third kappa shape index (κ3) is 4.16. The Bertz CT molecular complexity index is 1410. The number of aliphatic hydroxyl groups excluding tert-OH is 1. The monoisotopic (exact) mass is 450 g/mol. The molecule has 0 heterocycles. The van der Waals surface area contributed by atoms with Gasteiger partial charge < -0.3 is 14.6 Å². The molecule has 0 aromatic heterocycles. The lowest BCUT2D eigenvalue weighted by molar-refractivity contribution is -0.112. The highest BCUT2D eigenvalue weighted by Gasteiger charge is 2.32. The van der Waals surface area contributed by atoms with Gasteiger partial charge in [0.15, 0.2) is 0 Å². The number of ketones is 2. The molecular formula is C29H22O5. The first-order valence-electron chi connectivity index (χ1n) is 11.0. The van der Waals surface area contributed by atoms with Gasteiger partial charge in [0.25, 0.3) is 0 Å². The number of carbonyl (C=O) groups is 2. The molecule has 5 nitrogen and oxygen atoms in total. The van der Waals surface area contributed by atoms with Gasteiger partial charge in [-0.2, -0.15) is 0 Å². The van der Waals surface area contributed by atoms with Crippen molar-refractivity contribution in [2.45, 2.75) is 6.42 Å². The van der Waals surface area contributed by atoms with E-state index in [4.69, 9.17) is 9.47 Å². The zero-order chi connectivity index (χ0) is 23.5. The predicted molar refractivity (Wildman–Crippen MR) is 130 cm³/mol. The normalized spacial score (nSPS) is 13.2. The molecule has 4 aromatic rings. The van der Waals surface area contributed by atoms with Gasteiger partial charge in [0.2, 0.25) is 11.6 Å². The van der Waals surface area contributed by atoms with Crippen LogP contribution in [0.4, 0.5) is 0 Å². The minimum atomic E-state index is -0.665. The van der Waals surface area contributed by atoms with Gasteiger partial charge in [-0.05, 0) is 29.1 Å². The van der Waals surface area contributed by atoms with Gasteiger partial charge in [0, 0.05) is 22.9 Å². The standard InChI is InChI=1S/C29H22O5/c30-27-23-9-3-4-10-24(23)28(31)29(32)25(27)18-19-12-14-21(15-13-19)33-16-17-34-26-11-5-7-20-6-1-2-8-22(20)26/h1-15,30H,16-18H2. The number of hydrogen-bond acceptors (Lipinski definition) is 5. The topological polar surface area (TPSA) is 72.8 Å². The molecule has 34 heavy (non-hydrogen) atoms. The molecule has 0 fully saturated rings. The lowest BCUT2D eigenvalue weighted by Gasteiger charge is -2.17. The van der Waals surface area contributed by atoms with Crippen LogP contribution in [0.2, 0.25) is 0 Å². The third-order valence-electron chi connectivity index (χ3n) is 5.86. The van der Waals surface area contributed by atoms with Gasteiger partial charge in [-0.3, -0.25) is 9.59 Å². The van der Waals surface area contributed by atoms with Crippen LogP contribution in [0, 0.1) is 0 Å². The van der Waals surface area contributed by atoms with Crippen molar-refractivity contribution in [2.24, 2.45) is 0 Å². The maximum atomic E-state index is 12.5. The highest BCUT2D eigenvalue weighted by Crippen LogP contribution is 2.30. The number of carbonyl (C=O) groups excluding carboxylic acids is 2. The number of aliphatic hydroxyl groups is 1. The highest BCUT2D eigenvalue weighted by atomic mass is 16.5. The Morgan fingerprint density at radius 3 is 2.15 bits per heavy atom. The number of allylic oxidation sites excluding steroid dienone is 1. The van der Waals surface area contributed by atoms with E-state index in [9.17, 15) is 14.7 Å². The van der Waals surface area contributed by atoms with Crippen LogP contribution in [-0.2, 0) is 11.2 Å². The lowest BCUT2D eigenvalue weighted by atomic mass is 9.86. The summed E-state index contributed by atoms with van der Waals surface area (Å²) < 4.78 is 11.7. The summed E-state index contributed by atoms with van der Waals surface area (Å²) >= 11 is 0. The van der Waals surface area contributed by atoms with Crippen LogP contribution >= 0.6 is 0 Å². The first-order valence-corrected chi connectivity index (χ1v) is 11.0. The van der Waals surface area contributed by atoms with E-state index < -0.39 is 11.6 Å². The summed E-state index contributed by atoms with van der Waals surface area (Å²) in [4.78, 5) is 24.9. The summed E-state index contributed by atoms with van der Waals surface area (Å²) in [6.07, 6.45) is 0.162. The second-order valence-corrected chi connectivity index (χ2v) is 8.03. The van der Waals surface area contributed by atoms with Gasteiger partial charge in [0.05, 0.1) is 5.57 Å². The molecule has 0 spiro atoms. The van der Waals surface area contributed by atoms with Gasteiger partial charge in [0.1, 0.15) is 30.5 Å². The molecule has 1 aliphatic rings. The van der Waals surface area contributed by atoms with Crippen molar-refractivity contribution in [1.82, 2.24) is 0 Å². The molecule has 0 atom stereocenters. The van der Waals surface area contributed by atoms with Crippen LogP contribution in [0.1, 0.15) is 21.5 Å². The summed E-state index contributed by atoms with van der Waals surface area (Å²) in [5.41, 5.74) is 1.54. The number of benzene rings is 4. The Morgan fingerprint density at radius 2 is 1.32 bits per heavy atom. The fraction of sp³-hybridized carbons (Fsp3) is 0.103. The van der Waals surface area contributed by atoms with Crippen molar-refractivity contribution in [3.05, 3.63) is 113 Å². The van der Waals surface area contributed by atoms with Crippen LogP contribution < -0.4 is 9.47 Å². The number of fused-ring (bicyclic) bond motifs is 2. The van der Waals surface area contributed by atoms with Gasteiger partial charge >= 0.3 is 0 Å². The molecule has 5 heteroatoms. The molecular weight excluding hydrogens is 428 g/mol. The van der Waals surface area contributed by atoms with Crippen LogP contribution in [-0.4, -0.2) is 29.9 Å². The molecule has 0 saturated heterocycles. The SMILES string of the molecule is O=C1C(=O)c2ccccc2C(O)=C1Cc1ccc(OCCOc2cccc3ccccc23)cc1. The minimum Gasteiger partial charge on any atom is -0.507 e. The van der Waals surface area contributed by atoms with E-state index in [1.54, 1.807) is 36.4 Å². The average molecular weight is 450 g/mol. The Morgan fingerprint density at radius 1 is 0.647 bits per heavy atom. The molecule has 0 amide bonds. The molecule has 0 aliphatic heterocycles. The number of ether oxygens (including phenoxy) is 2. The Balaban J connectivity index is 1.21. The Kier molecular flexibility index (Phi) is 5.83. The van der Waals surface area contributed by atoms with Crippen molar-refractivity contribution >= 4 is 28.1 Å². The fourth-order valence-corrected chi connectivity index (χ4v) is 4.12. The molecule has 1 aliphatic carbocycles. The molecule has 4 aromatic carbocycles. The summed E-state index contributed by atoms with van der Waals surface area (Å²) in [6.45, 7) is 0.769. The third-order valence-corrected chi connectivity index (χ3v) is 5.86. The first-order chi connectivity index (χ1) is 16.6. The zero-order valence-electron chi connectivity index (χ0n) is 18.4. The number of rotatable bonds is 7. The predicted octanol–water partition coefficient (Wildman–Crippen LogP) is 5.57. The van der Waals surface area contributed by atoms with Crippen molar-refractivity contribution in [3.63, 3.8) is 0 Å². The summed E-state index contributed by atoms with van der Waals surface area (Å²) in [7, 11) is 0. The zero-order valence-corrected chi connectivity index (χ0v) is 18.4. The second kappa shape index (κ2) is 9.24. The maximum absolute atomic E-state index is 12.5. The number of hydrogen-bond donors (Lipinski definition) is 1. The maximum Gasteiger partial charge on any atom is 0.234 e. The summed E-state index contributed by atoms with van der Waals surface area (Å²) in [6, 6.07) is 27.9. The molecule has 0 unspecified atom stereocenters. The van der Waals surface area contributed by atoms with Gasteiger partial charge in [-0.25, -0.2) is 0 Å². The van der Waals surface area contributed by atoms with E-state index >= 15 is 0 Å². The van der Waals surface area contributed by atoms with Crippen LogP contribution in [0.15, 0.2) is 96.6 Å². The molecule has 168 valence electrons. The fourth-order valence-electron chi connectivity index (χ4n) is 4.12. The van der Waals surface area contributed by atoms with Crippen LogP contribution in [0.5, 0.6) is 11.5 Å².